The van der Waals surface area contributed by atoms with E-state index in [1.165, 1.54) is 6.07 Å². The van der Waals surface area contributed by atoms with Crippen molar-refractivity contribution in [3.63, 3.8) is 0 Å². The van der Waals surface area contributed by atoms with Crippen LogP contribution in [0.4, 0.5) is 15.8 Å². The zero-order valence-corrected chi connectivity index (χ0v) is 15.0. The van der Waals surface area contributed by atoms with Crippen molar-refractivity contribution in [1.82, 2.24) is 4.90 Å². The number of nitrogens with two attached hydrogens (primary N) is 1. The van der Waals surface area contributed by atoms with E-state index in [1.807, 2.05) is 0 Å². The van der Waals surface area contributed by atoms with Gasteiger partial charge in [-0.15, -0.1) is 0 Å². The largest absolute Gasteiger partial charge is 0.397 e. The maximum Gasteiger partial charge on any atom is 0.148 e. The average molecular weight is 335 g/mol. The van der Waals surface area contributed by atoms with Crippen molar-refractivity contribution >= 4 is 11.4 Å². The van der Waals surface area contributed by atoms with E-state index in [2.05, 4.69) is 30.6 Å². The smallest absolute Gasteiger partial charge is 0.148 e. The number of ether oxygens (including phenoxy) is 1. The molecule has 2 fully saturated rings. The topological polar surface area (TPSA) is 41.7 Å². The maximum absolute atomic E-state index is 14.1. The standard InChI is InChI=1S/C19H30FN3O/c1-13-11-23(12-14(2)24-13)15(3)16-7-9-22(10-8-16)19-17(20)5-4-6-18(19)21/h4-6,13-16H,7-12,21H2,1-3H3/t13-,14+,15?. The van der Waals surface area contributed by atoms with Gasteiger partial charge in [0.2, 0.25) is 0 Å². The Labute approximate surface area is 144 Å². The summed E-state index contributed by atoms with van der Waals surface area (Å²) >= 11 is 0. The first-order valence-corrected chi connectivity index (χ1v) is 9.14. The summed E-state index contributed by atoms with van der Waals surface area (Å²) in [5.41, 5.74) is 7.11. The number of para-hydroxylation sites is 1. The summed E-state index contributed by atoms with van der Waals surface area (Å²) in [7, 11) is 0. The number of halogens is 1. The molecular weight excluding hydrogens is 305 g/mol. The molecule has 134 valence electrons. The summed E-state index contributed by atoms with van der Waals surface area (Å²) in [5.74, 6) is 0.434. The van der Waals surface area contributed by atoms with Crippen molar-refractivity contribution in [2.75, 3.05) is 36.8 Å². The molecular formula is C19H30FN3O. The highest BCUT2D eigenvalue weighted by molar-refractivity contribution is 5.68. The summed E-state index contributed by atoms with van der Waals surface area (Å²) in [6, 6.07) is 5.49. The minimum atomic E-state index is -0.211. The van der Waals surface area contributed by atoms with E-state index in [0.29, 0.717) is 35.5 Å². The Morgan fingerprint density at radius 2 is 1.79 bits per heavy atom. The van der Waals surface area contributed by atoms with Gasteiger partial charge in [-0.05, 0) is 51.7 Å². The monoisotopic (exact) mass is 335 g/mol. The van der Waals surface area contributed by atoms with Crippen molar-refractivity contribution < 1.29 is 9.13 Å². The van der Waals surface area contributed by atoms with Crippen molar-refractivity contribution in [2.45, 2.75) is 51.9 Å². The molecule has 2 aliphatic rings. The van der Waals surface area contributed by atoms with Crippen LogP contribution in [0.1, 0.15) is 33.6 Å². The number of hydrogen-bond donors (Lipinski definition) is 1. The molecule has 2 N–H and O–H groups in total. The van der Waals surface area contributed by atoms with Gasteiger partial charge in [-0.2, -0.15) is 0 Å². The van der Waals surface area contributed by atoms with Crippen molar-refractivity contribution in [1.29, 1.82) is 0 Å². The first-order chi connectivity index (χ1) is 11.5. The molecule has 1 aromatic carbocycles. The van der Waals surface area contributed by atoms with E-state index >= 15 is 0 Å². The van der Waals surface area contributed by atoms with Gasteiger partial charge < -0.3 is 15.4 Å². The lowest BCUT2D eigenvalue weighted by atomic mass is 9.88. The van der Waals surface area contributed by atoms with Gasteiger partial charge in [0.15, 0.2) is 0 Å². The first kappa shape index (κ1) is 17.5. The van der Waals surface area contributed by atoms with Gasteiger partial charge in [0.1, 0.15) is 5.82 Å². The summed E-state index contributed by atoms with van der Waals surface area (Å²) in [6.07, 6.45) is 2.76. The predicted octanol–water partition coefficient (Wildman–Crippen LogP) is 3.12. The number of benzene rings is 1. The Morgan fingerprint density at radius 1 is 1.17 bits per heavy atom. The minimum absolute atomic E-state index is 0.211. The number of rotatable bonds is 3. The molecule has 2 aliphatic heterocycles. The fraction of sp³-hybridized carbons (Fsp3) is 0.684. The van der Waals surface area contributed by atoms with Gasteiger partial charge in [-0.3, -0.25) is 4.90 Å². The van der Waals surface area contributed by atoms with Crippen LogP contribution in [-0.4, -0.2) is 49.3 Å². The van der Waals surface area contributed by atoms with Crippen LogP contribution in [0, 0.1) is 11.7 Å². The third kappa shape index (κ3) is 3.67. The molecule has 2 saturated heterocycles. The average Bonchev–Trinajstić information content (AvgIpc) is 2.54. The number of piperidine rings is 1. The van der Waals surface area contributed by atoms with E-state index in [4.69, 9.17) is 10.5 Å². The van der Waals surface area contributed by atoms with E-state index in [1.54, 1.807) is 12.1 Å². The van der Waals surface area contributed by atoms with Crippen LogP contribution in [0.15, 0.2) is 18.2 Å². The summed E-state index contributed by atoms with van der Waals surface area (Å²) in [4.78, 5) is 4.68. The lowest BCUT2D eigenvalue weighted by Crippen LogP contribution is -2.52. The molecule has 0 spiro atoms. The second kappa shape index (κ2) is 7.28. The van der Waals surface area contributed by atoms with Crippen LogP contribution >= 0.6 is 0 Å². The van der Waals surface area contributed by atoms with Gasteiger partial charge >= 0.3 is 0 Å². The van der Waals surface area contributed by atoms with Crippen LogP contribution in [0.2, 0.25) is 0 Å². The Morgan fingerprint density at radius 3 is 2.38 bits per heavy atom. The fourth-order valence-corrected chi connectivity index (χ4v) is 4.32. The molecule has 0 aromatic heterocycles. The SMILES string of the molecule is CC(C1CCN(c2c(N)cccc2F)CC1)N1C[C@@H](C)O[C@@H](C)C1. The molecule has 4 nitrogen and oxygen atoms in total. The third-order valence-corrected chi connectivity index (χ3v) is 5.58. The van der Waals surface area contributed by atoms with E-state index in [0.717, 1.165) is 39.0 Å². The number of hydrogen-bond acceptors (Lipinski definition) is 4. The summed E-state index contributed by atoms with van der Waals surface area (Å²) < 4.78 is 20.0. The molecule has 24 heavy (non-hydrogen) atoms. The number of nitrogen functional groups attached to an aromatic ring is 1. The third-order valence-electron chi connectivity index (χ3n) is 5.58. The highest BCUT2D eigenvalue weighted by Crippen LogP contribution is 2.32. The second-order valence-corrected chi connectivity index (χ2v) is 7.45. The van der Waals surface area contributed by atoms with Crippen LogP contribution in [0.5, 0.6) is 0 Å². The summed E-state index contributed by atoms with van der Waals surface area (Å²) in [5, 5.41) is 0. The molecule has 1 unspecified atom stereocenters. The normalized spacial score (nSPS) is 28.1. The van der Waals surface area contributed by atoms with Crippen LogP contribution in [0.3, 0.4) is 0 Å². The van der Waals surface area contributed by atoms with E-state index < -0.39 is 0 Å². The fourth-order valence-electron chi connectivity index (χ4n) is 4.32. The minimum Gasteiger partial charge on any atom is -0.397 e. The lowest BCUT2D eigenvalue weighted by Gasteiger charge is -2.44. The van der Waals surface area contributed by atoms with Crippen molar-refractivity contribution in [3.05, 3.63) is 24.0 Å². The molecule has 3 atom stereocenters. The lowest BCUT2D eigenvalue weighted by molar-refractivity contribution is -0.0857. The highest BCUT2D eigenvalue weighted by Gasteiger charge is 2.32. The van der Waals surface area contributed by atoms with Gasteiger partial charge in [0.05, 0.1) is 23.6 Å². The first-order valence-electron chi connectivity index (χ1n) is 9.14. The molecule has 5 heteroatoms. The van der Waals surface area contributed by atoms with Gasteiger partial charge in [-0.25, -0.2) is 4.39 Å². The molecule has 0 radical (unpaired) electrons. The molecule has 1 aromatic rings. The molecule has 3 rings (SSSR count). The van der Waals surface area contributed by atoms with Crippen molar-refractivity contribution in [3.8, 4) is 0 Å². The quantitative estimate of drug-likeness (QED) is 0.862. The Balaban J connectivity index is 1.60. The van der Waals surface area contributed by atoms with Gasteiger partial charge in [-0.1, -0.05) is 6.07 Å². The molecule has 0 bridgehead atoms. The van der Waals surface area contributed by atoms with Gasteiger partial charge in [0.25, 0.3) is 0 Å². The van der Waals surface area contributed by atoms with E-state index in [9.17, 15) is 4.39 Å². The number of morpholine rings is 1. The molecule has 0 saturated carbocycles. The Kier molecular flexibility index (Phi) is 5.30. The van der Waals surface area contributed by atoms with Crippen LogP contribution < -0.4 is 10.6 Å². The molecule has 2 heterocycles. The van der Waals surface area contributed by atoms with Crippen LogP contribution in [0.25, 0.3) is 0 Å². The zero-order chi connectivity index (χ0) is 17.3. The van der Waals surface area contributed by atoms with Crippen LogP contribution in [-0.2, 0) is 4.74 Å². The Bertz CT molecular complexity index is 529. The Hall–Kier alpha value is -1.33. The highest BCUT2D eigenvalue weighted by atomic mass is 19.1. The number of nitrogens with zero attached hydrogens (tertiary/aromatic N) is 2. The maximum atomic E-state index is 14.1. The molecule has 0 aliphatic carbocycles. The second-order valence-electron chi connectivity index (χ2n) is 7.45. The van der Waals surface area contributed by atoms with Crippen molar-refractivity contribution in [2.24, 2.45) is 5.92 Å². The predicted molar refractivity (Wildman–Crippen MR) is 96.8 cm³/mol. The molecule has 0 amide bonds. The van der Waals surface area contributed by atoms with Gasteiger partial charge in [0, 0.05) is 32.2 Å². The summed E-state index contributed by atoms with van der Waals surface area (Å²) in [6.45, 7) is 10.4. The zero-order valence-electron chi connectivity index (χ0n) is 15.0. The van der Waals surface area contributed by atoms with E-state index in [-0.39, 0.29) is 5.82 Å². The number of anilines is 2.